The minimum absolute atomic E-state index is 0.261. The van der Waals surface area contributed by atoms with E-state index in [2.05, 4.69) is 43.0 Å². The molecule has 1 heterocycles. The van der Waals surface area contributed by atoms with Gasteiger partial charge in [-0.25, -0.2) is 4.68 Å². The smallest absolute Gasteiger partial charge is 0.266 e. The molecule has 1 aliphatic carbocycles. The van der Waals surface area contributed by atoms with Crippen molar-refractivity contribution in [3.8, 4) is 6.07 Å². The van der Waals surface area contributed by atoms with E-state index < -0.39 is 6.04 Å². The number of rotatable bonds is 2. The highest BCUT2D eigenvalue weighted by molar-refractivity contribution is 9.13. The zero-order valence-electron chi connectivity index (χ0n) is 7.65. The lowest BCUT2D eigenvalue weighted by molar-refractivity contribution is 0.468. The van der Waals surface area contributed by atoms with Crippen LogP contribution in [0.1, 0.15) is 18.9 Å². The van der Waals surface area contributed by atoms with Crippen molar-refractivity contribution in [1.29, 1.82) is 5.26 Å². The van der Waals surface area contributed by atoms with Crippen LogP contribution in [0.2, 0.25) is 0 Å². The fraction of sp³-hybridized carbons (Fsp3) is 0.444. The molecule has 0 aliphatic heterocycles. The molecule has 0 saturated heterocycles. The van der Waals surface area contributed by atoms with Gasteiger partial charge in [0.2, 0.25) is 0 Å². The van der Waals surface area contributed by atoms with Crippen LogP contribution < -0.4 is 5.56 Å². The van der Waals surface area contributed by atoms with Gasteiger partial charge in [-0.2, -0.15) is 10.4 Å². The van der Waals surface area contributed by atoms with Crippen LogP contribution in [-0.2, 0) is 0 Å². The summed E-state index contributed by atoms with van der Waals surface area (Å²) in [6.07, 6.45) is 3.53. The Hall–Kier alpha value is -0.670. The molecule has 0 unspecified atom stereocenters. The van der Waals surface area contributed by atoms with E-state index in [9.17, 15) is 4.79 Å². The van der Waals surface area contributed by atoms with Crippen LogP contribution in [-0.4, -0.2) is 9.78 Å². The van der Waals surface area contributed by atoms with Crippen molar-refractivity contribution in [2.45, 2.75) is 18.9 Å². The van der Waals surface area contributed by atoms with Gasteiger partial charge in [0.15, 0.2) is 0 Å². The predicted octanol–water partition coefficient (Wildman–Crippen LogP) is 2.24. The highest BCUT2D eigenvalue weighted by Crippen LogP contribution is 2.38. The van der Waals surface area contributed by atoms with Crippen LogP contribution in [0.15, 0.2) is 19.9 Å². The number of hydrogen-bond acceptors (Lipinski definition) is 3. The minimum Gasteiger partial charge on any atom is -0.266 e. The Bertz CT molecular complexity index is 487. The second kappa shape index (κ2) is 4.06. The van der Waals surface area contributed by atoms with Crippen LogP contribution >= 0.6 is 31.9 Å². The summed E-state index contributed by atoms with van der Waals surface area (Å²) in [7, 11) is 0. The predicted molar refractivity (Wildman–Crippen MR) is 61.3 cm³/mol. The molecule has 6 heteroatoms. The van der Waals surface area contributed by atoms with E-state index in [0.29, 0.717) is 8.95 Å². The van der Waals surface area contributed by atoms with Crippen molar-refractivity contribution >= 4 is 31.9 Å². The lowest BCUT2D eigenvalue weighted by Crippen LogP contribution is -2.28. The van der Waals surface area contributed by atoms with Crippen molar-refractivity contribution in [2.75, 3.05) is 0 Å². The molecule has 15 heavy (non-hydrogen) atoms. The van der Waals surface area contributed by atoms with E-state index in [1.54, 1.807) is 0 Å². The Labute approximate surface area is 103 Å². The van der Waals surface area contributed by atoms with E-state index in [1.807, 2.05) is 0 Å². The molecule has 0 spiro atoms. The average molecular weight is 333 g/mol. The second-order valence-electron chi connectivity index (χ2n) is 3.47. The van der Waals surface area contributed by atoms with Crippen molar-refractivity contribution < 1.29 is 0 Å². The lowest BCUT2D eigenvalue weighted by Gasteiger charge is -2.10. The molecule has 1 saturated carbocycles. The van der Waals surface area contributed by atoms with Crippen LogP contribution in [0.25, 0.3) is 0 Å². The molecule has 1 aromatic heterocycles. The average Bonchev–Trinajstić information content (AvgIpc) is 3.03. The third kappa shape index (κ3) is 1.99. The summed E-state index contributed by atoms with van der Waals surface area (Å²) in [6, 6.07) is 1.70. The third-order valence-electron chi connectivity index (χ3n) is 2.37. The van der Waals surface area contributed by atoms with Gasteiger partial charge in [0.25, 0.3) is 5.56 Å². The summed E-state index contributed by atoms with van der Waals surface area (Å²) >= 11 is 6.37. The van der Waals surface area contributed by atoms with Gasteiger partial charge in [0, 0.05) is 0 Å². The summed E-state index contributed by atoms with van der Waals surface area (Å²) in [5, 5.41) is 13.0. The minimum atomic E-state index is -0.429. The molecule has 1 aromatic rings. The maximum absolute atomic E-state index is 11.8. The monoisotopic (exact) mass is 331 g/mol. The van der Waals surface area contributed by atoms with E-state index in [1.165, 1.54) is 10.9 Å². The molecule has 0 amide bonds. The number of nitriles is 1. The summed E-state index contributed by atoms with van der Waals surface area (Å²) in [6.45, 7) is 0. The molecule has 78 valence electrons. The number of halogens is 2. The summed E-state index contributed by atoms with van der Waals surface area (Å²) in [4.78, 5) is 11.8. The van der Waals surface area contributed by atoms with E-state index in [0.717, 1.165) is 12.8 Å². The first kappa shape index (κ1) is 10.8. The van der Waals surface area contributed by atoms with Gasteiger partial charge in [0.1, 0.15) is 10.5 Å². The first-order valence-electron chi connectivity index (χ1n) is 4.47. The van der Waals surface area contributed by atoms with Gasteiger partial charge in [-0.05, 0) is 50.6 Å². The molecule has 1 aliphatic rings. The van der Waals surface area contributed by atoms with Gasteiger partial charge >= 0.3 is 0 Å². The Kier molecular flexibility index (Phi) is 2.94. The highest BCUT2D eigenvalue weighted by Gasteiger charge is 2.34. The molecule has 1 atom stereocenters. The highest BCUT2D eigenvalue weighted by atomic mass is 79.9. The SMILES string of the molecule is N#C[C@@H](C1CC1)n1ncc(Br)c(Br)c1=O. The molecular formula is C9H7Br2N3O. The topological polar surface area (TPSA) is 58.7 Å². The Morgan fingerprint density at radius 2 is 2.27 bits per heavy atom. The number of nitrogens with zero attached hydrogens (tertiary/aromatic N) is 3. The molecular weight excluding hydrogens is 326 g/mol. The zero-order valence-corrected chi connectivity index (χ0v) is 10.8. The number of hydrogen-bond donors (Lipinski definition) is 0. The summed E-state index contributed by atoms with van der Waals surface area (Å²) < 4.78 is 2.28. The Morgan fingerprint density at radius 1 is 1.60 bits per heavy atom. The molecule has 4 nitrogen and oxygen atoms in total. The van der Waals surface area contributed by atoms with E-state index in [4.69, 9.17) is 5.26 Å². The Morgan fingerprint density at radius 3 is 2.80 bits per heavy atom. The van der Waals surface area contributed by atoms with Gasteiger partial charge in [-0.3, -0.25) is 4.79 Å². The zero-order chi connectivity index (χ0) is 11.0. The van der Waals surface area contributed by atoms with Gasteiger partial charge in [-0.1, -0.05) is 0 Å². The molecule has 0 bridgehead atoms. The van der Waals surface area contributed by atoms with Crippen molar-refractivity contribution in [3.05, 3.63) is 25.5 Å². The van der Waals surface area contributed by atoms with Crippen molar-refractivity contribution in [1.82, 2.24) is 9.78 Å². The first-order chi connectivity index (χ1) is 7.15. The third-order valence-corrected chi connectivity index (χ3v) is 4.26. The van der Waals surface area contributed by atoms with Gasteiger partial charge in [0.05, 0.1) is 16.7 Å². The van der Waals surface area contributed by atoms with Crippen LogP contribution in [0.5, 0.6) is 0 Å². The maximum atomic E-state index is 11.8. The van der Waals surface area contributed by atoms with E-state index in [-0.39, 0.29) is 11.5 Å². The van der Waals surface area contributed by atoms with Crippen molar-refractivity contribution in [3.63, 3.8) is 0 Å². The summed E-state index contributed by atoms with van der Waals surface area (Å²) in [5.74, 6) is 0.285. The molecule has 2 rings (SSSR count). The summed E-state index contributed by atoms with van der Waals surface area (Å²) in [5.41, 5.74) is -0.261. The van der Waals surface area contributed by atoms with Gasteiger partial charge in [-0.15, -0.1) is 0 Å². The molecule has 0 N–H and O–H groups in total. The second-order valence-corrected chi connectivity index (χ2v) is 5.11. The Balaban J connectivity index is 2.49. The fourth-order valence-corrected chi connectivity index (χ4v) is 1.94. The van der Waals surface area contributed by atoms with Crippen LogP contribution in [0, 0.1) is 17.2 Å². The molecule has 0 radical (unpaired) electrons. The normalized spacial score (nSPS) is 17.1. The standard InChI is InChI=1S/C9H7Br2N3O/c10-6-4-13-14(9(15)8(6)11)7(3-12)5-1-2-5/h4-5,7H,1-2H2/t7-/m0/s1. The molecule has 0 aromatic carbocycles. The van der Waals surface area contributed by atoms with Crippen LogP contribution in [0.3, 0.4) is 0 Å². The van der Waals surface area contributed by atoms with Crippen molar-refractivity contribution in [2.24, 2.45) is 5.92 Å². The van der Waals surface area contributed by atoms with Gasteiger partial charge < -0.3 is 0 Å². The largest absolute Gasteiger partial charge is 0.283 e. The lowest BCUT2D eigenvalue weighted by atomic mass is 10.2. The quantitative estimate of drug-likeness (QED) is 0.834. The fourth-order valence-electron chi connectivity index (χ4n) is 1.39. The maximum Gasteiger partial charge on any atom is 0.283 e. The van der Waals surface area contributed by atoms with E-state index >= 15 is 0 Å². The number of aromatic nitrogens is 2. The van der Waals surface area contributed by atoms with Crippen LogP contribution in [0.4, 0.5) is 0 Å². The molecule has 1 fully saturated rings. The first-order valence-corrected chi connectivity index (χ1v) is 6.06.